The van der Waals surface area contributed by atoms with Crippen molar-refractivity contribution in [3.8, 4) is 0 Å². The molecule has 0 unspecified atom stereocenters. The van der Waals surface area contributed by atoms with E-state index in [9.17, 15) is 0 Å². The van der Waals surface area contributed by atoms with Crippen molar-refractivity contribution in [1.82, 2.24) is 14.6 Å². The molecule has 74 valence electrons. The molecule has 0 N–H and O–H groups in total. The average Bonchev–Trinajstić information content (AvgIpc) is 2.60. The van der Waals surface area contributed by atoms with Gasteiger partial charge in [0.15, 0.2) is 5.65 Å². The Kier molecular flexibility index (Phi) is 2.48. The largest absolute Gasteiger partial charge is 0.232 e. The van der Waals surface area contributed by atoms with E-state index >= 15 is 0 Å². The number of rotatable bonds is 3. The third-order valence-electron chi connectivity index (χ3n) is 2.29. The first-order valence-corrected chi connectivity index (χ1v) is 5.17. The molecule has 0 aliphatic carbocycles. The summed E-state index contributed by atoms with van der Waals surface area (Å²) in [5.41, 5.74) is 3.19. The van der Waals surface area contributed by atoms with Crippen LogP contribution in [-0.4, -0.2) is 14.6 Å². The number of aromatic nitrogens is 3. The summed E-state index contributed by atoms with van der Waals surface area (Å²) in [4.78, 5) is 4.43. The molecule has 0 amide bonds. The topological polar surface area (TPSA) is 30.2 Å². The fraction of sp³-hybridized carbons (Fsp3) is 0.455. The Morgan fingerprint density at radius 3 is 2.79 bits per heavy atom. The summed E-state index contributed by atoms with van der Waals surface area (Å²) in [6.07, 6.45) is 5.14. The zero-order chi connectivity index (χ0) is 9.97. The van der Waals surface area contributed by atoms with E-state index in [2.05, 4.69) is 30.0 Å². The maximum atomic E-state index is 4.49. The van der Waals surface area contributed by atoms with Crippen molar-refractivity contribution in [2.75, 3.05) is 0 Å². The second-order valence-corrected chi connectivity index (χ2v) is 3.46. The molecule has 0 spiro atoms. The van der Waals surface area contributed by atoms with Gasteiger partial charge in [0.2, 0.25) is 0 Å². The van der Waals surface area contributed by atoms with E-state index in [0.29, 0.717) is 0 Å². The summed E-state index contributed by atoms with van der Waals surface area (Å²) in [7, 11) is 0. The van der Waals surface area contributed by atoms with Gasteiger partial charge in [0.05, 0.1) is 17.6 Å². The Balaban J connectivity index is 2.43. The van der Waals surface area contributed by atoms with Crippen LogP contribution in [0, 0.1) is 0 Å². The lowest BCUT2D eigenvalue weighted by Gasteiger charge is -1.97. The first-order valence-electron chi connectivity index (χ1n) is 5.17. The Morgan fingerprint density at radius 1 is 1.21 bits per heavy atom. The Bertz CT molecular complexity index is 431. The molecule has 3 nitrogen and oxygen atoms in total. The Hall–Kier alpha value is -1.38. The van der Waals surface area contributed by atoms with Gasteiger partial charge in [0.1, 0.15) is 0 Å². The van der Waals surface area contributed by atoms with Crippen LogP contribution in [-0.2, 0) is 12.8 Å². The predicted octanol–water partition coefficient (Wildman–Crippen LogP) is 2.24. The molecule has 2 heterocycles. The smallest absolute Gasteiger partial charge is 0.153 e. The van der Waals surface area contributed by atoms with E-state index in [1.807, 2.05) is 16.8 Å². The predicted molar refractivity (Wildman–Crippen MR) is 56.4 cm³/mol. The molecule has 0 bridgehead atoms. The minimum Gasteiger partial charge on any atom is -0.232 e. The maximum Gasteiger partial charge on any atom is 0.153 e. The summed E-state index contributed by atoms with van der Waals surface area (Å²) in [5, 5.41) is 4.49. The normalized spacial score (nSPS) is 11.0. The van der Waals surface area contributed by atoms with Gasteiger partial charge in [-0.25, -0.2) is 9.50 Å². The van der Waals surface area contributed by atoms with Crippen molar-refractivity contribution in [3.05, 3.63) is 29.7 Å². The van der Waals surface area contributed by atoms with Crippen LogP contribution in [0.3, 0.4) is 0 Å². The molecular formula is C11H15N3. The van der Waals surface area contributed by atoms with Crippen LogP contribution >= 0.6 is 0 Å². The monoisotopic (exact) mass is 189 g/mol. The molecule has 0 atom stereocenters. The molecule has 0 radical (unpaired) electrons. The highest BCUT2D eigenvalue weighted by Crippen LogP contribution is 2.06. The van der Waals surface area contributed by atoms with Gasteiger partial charge in [-0.05, 0) is 25.0 Å². The zero-order valence-electron chi connectivity index (χ0n) is 8.70. The Labute approximate surface area is 83.8 Å². The fourth-order valence-corrected chi connectivity index (χ4v) is 1.53. The number of hydrogen-bond acceptors (Lipinski definition) is 2. The molecule has 2 aromatic heterocycles. The average molecular weight is 189 g/mol. The first-order chi connectivity index (χ1) is 6.83. The van der Waals surface area contributed by atoms with Crippen LogP contribution in [0.15, 0.2) is 18.3 Å². The summed E-state index contributed by atoms with van der Waals surface area (Å²) < 4.78 is 1.88. The van der Waals surface area contributed by atoms with Gasteiger partial charge in [-0.1, -0.05) is 20.3 Å². The highest BCUT2D eigenvalue weighted by atomic mass is 15.2. The number of aryl methyl sites for hydroxylation is 2. The summed E-state index contributed by atoms with van der Waals surface area (Å²) in [6.45, 7) is 4.27. The molecule has 3 heteroatoms. The van der Waals surface area contributed by atoms with Crippen molar-refractivity contribution in [3.63, 3.8) is 0 Å². The maximum absolute atomic E-state index is 4.49. The lowest BCUT2D eigenvalue weighted by atomic mass is 10.2. The number of hydrogen-bond donors (Lipinski definition) is 0. The second kappa shape index (κ2) is 3.78. The van der Waals surface area contributed by atoms with Crippen molar-refractivity contribution in [1.29, 1.82) is 0 Å². The summed E-state index contributed by atoms with van der Waals surface area (Å²) in [5.74, 6) is 0. The van der Waals surface area contributed by atoms with Crippen LogP contribution in [0.2, 0.25) is 0 Å². The molecule has 0 aliphatic rings. The van der Waals surface area contributed by atoms with Crippen LogP contribution < -0.4 is 0 Å². The molecule has 0 saturated carbocycles. The highest BCUT2D eigenvalue weighted by molar-refractivity contribution is 5.38. The van der Waals surface area contributed by atoms with Gasteiger partial charge in [-0.15, -0.1) is 0 Å². The lowest BCUT2D eigenvalue weighted by Crippen LogP contribution is -1.96. The van der Waals surface area contributed by atoms with E-state index in [1.165, 1.54) is 0 Å². The van der Waals surface area contributed by atoms with Crippen molar-refractivity contribution >= 4 is 5.65 Å². The van der Waals surface area contributed by atoms with Crippen LogP contribution in [0.4, 0.5) is 0 Å². The van der Waals surface area contributed by atoms with Gasteiger partial charge < -0.3 is 0 Å². The lowest BCUT2D eigenvalue weighted by molar-refractivity contribution is 0.809. The number of imidazole rings is 1. The molecule has 0 aromatic carbocycles. The van der Waals surface area contributed by atoms with Crippen LogP contribution in [0.5, 0.6) is 0 Å². The van der Waals surface area contributed by atoms with Gasteiger partial charge >= 0.3 is 0 Å². The van der Waals surface area contributed by atoms with Gasteiger partial charge in [-0.3, -0.25) is 0 Å². The summed E-state index contributed by atoms with van der Waals surface area (Å²) in [6, 6.07) is 4.10. The third kappa shape index (κ3) is 1.62. The molecule has 0 fully saturated rings. The molecule has 0 aliphatic heterocycles. The van der Waals surface area contributed by atoms with Crippen LogP contribution in [0.25, 0.3) is 5.65 Å². The van der Waals surface area contributed by atoms with E-state index in [1.54, 1.807) is 0 Å². The van der Waals surface area contributed by atoms with E-state index in [4.69, 9.17) is 0 Å². The Morgan fingerprint density at radius 2 is 2.07 bits per heavy atom. The highest BCUT2D eigenvalue weighted by Gasteiger charge is 2.01. The fourth-order valence-electron chi connectivity index (χ4n) is 1.53. The standard InChI is InChI=1S/C11H15N3/c1-3-5-10-6-7-11-12-9(4-2)8-14(11)13-10/h6-8H,3-5H2,1-2H3. The van der Waals surface area contributed by atoms with Crippen molar-refractivity contribution < 1.29 is 0 Å². The van der Waals surface area contributed by atoms with E-state index in [-0.39, 0.29) is 0 Å². The number of nitrogens with zero attached hydrogens (tertiary/aromatic N) is 3. The second-order valence-electron chi connectivity index (χ2n) is 3.46. The SMILES string of the molecule is CCCc1ccc2nc(CC)cn2n1. The quantitative estimate of drug-likeness (QED) is 0.741. The van der Waals surface area contributed by atoms with Crippen molar-refractivity contribution in [2.24, 2.45) is 0 Å². The molecular weight excluding hydrogens is 174 g/mol. The van der Waals surface area contributed by atoms with Gasteiger partial charge in [-0.2, -0.15) is 5.10 Å². The zero-order valence-corrected chi connectivity index (χ0v) is 8.70. The first kappa shape index (κ1) is 9.19. The molecule has 14 heavy (non-hydrogen) atoms. The van der Waals surface area contributed by atoms with E-state index in [0.717, 1.165) is 36.3 Å². The molecule has 2 aromatic rings. The summed E-state index contributed by atoms with van der Waals surface area (Å²) >= 11 is 0. The van der Waals surface area contributed by atoms with E-state index < -0.39 is 0 Å². The number of fused-ring (bicyclic) bond motifs is 1. The minimum atomic E-state index is 0.946. The van der Waals surface area contributed by atoms with Crippen LogP contribution in [0.1, 0.15) is 31.7 Å². The molecule has 0 saturated heterocycles. The third-order valence-corrected chi connectivity index (χ3v) is 2.29. The minimum absolute atomic E-state index is 0.946. The van der Waals surface area contributed by atoms with Gasteiger partial charge in [0, 0.05) is 0 Å². The van der Waals surface area contributed by atoms with Crippen molar-refractivity contribution in [2.45, 2.75) is 33.1 Å². The molecule has 2 rings (SSSR count). The van der Waals surface area contributed by atoms with Gasteiger partial charge in [0.25, 0.3) is 0 Å².